The van der Waals surface area contributed by atoms with Crippen LogP contribution in [0.3, 0.4) is 0 Å². The predicted octanol–water partition coefficient (Wildman–Crippen LogP) is 3.25. The highest BCUT2D eigenvalue weighted by Gasteiger charge is 2.27. The summed E-state index contributed by atoms with van der Waals surface area (Å²) in [5.74, 6) is 0.0548. The summed E-state index contributed by atoms with van der Waals surface area (Å²) in [6, 6.07) is 8.17. The molecule has 1 aromatic carbocycles. The highest BCUT2D eigenvalue weighted by Crippen LogP contribution is 2.27. The van der Waals surface area contributed by atoms with E-state index in [0.29, 0.717) is 17.8 Å². The van der Waals surface area contributed by atoms with Gasteiger partial charge in [-0.1, -0.05) is 25.5 Å². The molecule has 1 aromatic rings. The van der Waals surface area contributed by atoms with Crippen LogP contribution in [-0.4, -0.2) is 29.9 Å². The molecule has 0 atom stereocenters. The first kappa shape index (κ1) is 15.8. The summed E-state index contributed by atoms with van der Waals surface area (Å²) >= 11 is 0. The lowest BCUT2D eigenvalue weighted by Gasteiger charge is -2.21. The van der Waals surface area contributed by atoms with Crippen molar-refractivity contribution in [3.05, 3.63) is 24.3 Å². The van der Waals surface area contributed by atoms with Crippen molar-refractivity contribution >= 4 is 17.3 Å². The quantitative estimate of drug-likeness (QED) is 0.686. The van der Waals surface area contributed by atoms with Gasteiger partial charge in [-0.25, -0.2) is 0 Å². The molecular formula is C17H27N3O. The Morgan fingerprint density at radius 2 is 2.00 bits per heavy atom. The molecule has 0 radical (unpaired) electrons. The van der Waals surface area contributed by atoms with E-state index in [1.54, 1.807) is 6.07 Å². The number of carbonyl (C=O) groups excluding carboxylic acids is 1. The lowest BCUT2D eigenvalue weighted by atomic mass is 10.2. The number of unbranched alkanes of at least 4 members (excludes halogenated alkanes) is 1. The Labute approximate surface area is 127 Å². The molecule has 0 spiro atoms. The Morgan fingerprint density at radius 3 is 2.67 bits per heavy atom. The summed E-state index contributed by atoms with van der Waals surface area (Å²) in [5.41, 5.74) is 7.16. The molecule has 1 amide bonds. The zero-order valence-electron chi connectivity index (χ0n) is 13.0. The second-order valence-corrected chi connectivity index (χ2v) is 5.86. The second kappa shape index (κ2) is 8.03. The number of amides is 1. The zero-order valence-corrected chi connectivity index (χ0v) is 13.0. The second-order valence-electron chi connectivity index (χ2n) is 5.86. The molecule has 0 unspecified atom stereocenters. The number of anilines is 2. The normalized spacial score (nSPS) is 14.4. The first-order chi connectivity index (χ1) is 10.2. The van der Waals surface area contributed by atoms with Crippen molar-refractivity contribution in [2.45, 2.75) is 51.5 Å². The van der Waals surface area contributed by atoms with Gasteiger partial charge in [0.25, 0.3) is 0 Å². The standard InChI is InChI=1S/C17H27N3O/c1-2-3-12-20(14-10-11-14)13-6-9-17(21)19-16-8-5-4-7-15(16)18/h4-5,7-8,14H,2-3,6,9-13,18H2,1H3,(H,19,21). The maximum Gasteiger partial charge on any atom is 0.224 e. The Kier molecular flexibility index (Phi) is 6.05. The number of hydrogen-bond acceptors (Lipinski definition) is 3. The van der Waals surface area contributed by atoms with E-state index < -0.39 is 0 Å². The summed E-state index contributed by atoms with van der Waals surface area (Å²) in [6.45, 7) is 4.43. The van der Waals surface area contributed by atoms with Crippen LogP contribution in [0.5, 0.6) is 0 Å². The van der Waals surface area contributed by atoms with E-state index in [0.717, 1.165) is 19.0 Å². The average Bonchev–Trinajstić information content (AvgIpc) is 3.30. The maximum absolute atomic E-state index is 12.0. The van der Waals surface area contributed by atoms with E-state index in [1.807, 2.05) is 18.2 Å². The average molecular weight is 289 g/mol. The van der Waals surface area contributed by atoms with Crippen LogP contribution < -0.4 is 11.1 Å². The number of hydrogen-bond donors (Lipinski definition) is 2. The third-order valence-electron chi connectivity index (χ3n) is 3.95. The number of nitrogens with two attached hydrogens (primary N) is 1. The molecule has 4 heteroatoms. The van der Waals surface area contributed by atoms with Gasteiger partial charge in [0, 0.05) is 12.5 Å². The third-order valence-corrected chi connectivity index (χ3v) is 3.95. The van der Waals surface area contributed by atoms with Gasteiger partial charge in [0.2, 0.25) is 5.91 Å². The lowest BCUT2D eigenvalue weighted by Crippen LogP contribution is -2.29. The van der Waals surface area contributed by atoms with Crippen molar-refractivity contribution in [2.75, 3.05) is 24.1 Å². The molecule has 0 heterocycles. The first-order valence-electron chi connectivity index (χ1n) is 8.09. The Bertz CT molecular complexity index is 457. The van der Waals surface area contributed by atoms with Crippen molar-refractivity contribution < 1.29 is 4.79 Å². The zero-order chi connectivity index (χ0) is 15.1. The minimum absolute atomic E-state index is 0.0548. The fourth-order valence-electron chi connectivity index (χ4n) is 2.54. The van der Waals surface area contributed by atoms with E-state index in [4.69, 9.17) is 5.73 Å². The first-order valence-corrected chi connectivity index (χ1v) is 8.09. The number of carbonyl (C=O) groups is 1. The van der Waals surface area contributed by atoms with Crippen molar-refractivity contribution in [1.82, 2.24) is 4.90 Å². The Hall–Kier alpha value is -1.55. The molecule has 21 heavy (non-hydrogen) atoms. The summed E-state index contributed by atoms with van der Waals surface area (Å²) in [5, 5.41) is 2.89. The highest BCUT2D eigenvalue weighted by molar-refractivity contribution is 5.93. The topological polar surface area (TPSA) is 58.4 Å². The number of rotatable bonds is 9. The van der Waals surface area contributed by atoms with Crippen LogP contribution in [0.25, 0.3) is 0 Å². The van der Waals surface area contributed by atoms with Gasteiger partial charge in [-0.05, 0) is 50.9 Å². The fraction of sp³-hybridized carbons (Fsp3) is 0.588. The molecule has 0 aromatic heterocycles. The van der Waals surface area contributed by atoms with E-state index in [2.05, 4.69) is 17.1 Å². The summed E-state index contributed by atoms with van der Waals surface area (Å²) < 4.78 is 0. The molecule has 3 N–H and O–H groups in total. The largest absolute Gasteiger partial charge is 0.397 e. The molecule has 1 saturated carbocycles. The monoisotopic (exact) mass is 289 g/mol. The van der Waals surface area contributed by atoms with Crippen LogP contribution in [-0.2, 0) is 4.79 Å². The predicted molar refractivity (Wildman–Crippen MR) is 88.2 cm³/mol. The molecule has 1 fully saturated rings. The van der Waals surface area contributed by atoms with E-state index >= 15 is 0 Å². The molecule has 0 saturated heterocycles. The van der Waals surface area contributed by atoms with Gasteiger partial charge < -0.3 is 16.0 Å². The van der Waals surface area contributed by atoms with Crippen LogP contribution in [0.1, 0.15) is 45.4 Å². The van der Waals surface area contributed by atoms with Gasteiger partial charge >= 0.3 is 0 Å². The number of nitrogens with zero attached hydrogens (tertiary/aromatic N) is 1. The van der Waals surface area contributed by atoms with Crippen LogP contribution in [0, 0.1) is 0 Å². The lowest BCUT2D eigenvalue weighted by molar-refractivity contribution is -0.116. The van der Waals surface area contributed by atoms with Crippen LogP contribution in [0.2, 0.25) is 0 Å². The van der Waals surface area contributed by atoms with Gasteiger partial charge in [-0.15, -0.1) is 0 Å². The van der Waals surface area contributed by atoms with Gasteiger partial charge in [-0.3, -0.25) is 4.79 Å². The molecule has 116 valence electrons. The van der Waals surface area contributed by atoms with Crippen molar-refractivity contribution in [3.8, 4) is 0 Å². The van der Waals surface area contributed by atoms with Gasteiger partial charge in [0.05, 0.1) is 11.4 Å². The summed E-state index contributed by atoms with van der Waals surface area (Å²) in [7, 11) is 0. The third kappa shape index (κ3) is 5.38. The van der Waals surface area contributed by atoms with E-state index in [-0.39, 0.29) is 5.91 Å². The molecule has 0 bridgehead atoms. The number of benzene rings is 1. The van der Waals surface area contributed by atoms with Crippen LogP contribution in [0.15, 0.2) is 24.3 Å². The number of para-hydroxylation sites is 2. The van der Waals surface area contributed by atoms with E-state index in [1.165, 1.54) is 32.2 Å². The van der Waals surface area contributed by atoms with Crippen LogP contribution >= 0.6 is 0 Å². The van der Waals surface area contributed by atoms with Gasteiger partial charge in [0.15, 0.2) is 0 Å². The Balaban J connectivity index is 1.69. The molecule has 4 nitrogen and oxygen atoms in total. The molecule has 1 aliphatic carbocycles. The maximum atomic E-state index is 12.0. The van der Waals surface area contributed by atoms with Gasteiger partial charge in [-0.2, -0.15) is 0 Å². The minimum Gasteiger partial charge on any atom is -0.397 e. The molecular weight excluding hydrogens is 262 g/mol. The minimum atomic E-state index is 0.0548. The SMILES string of the molecule is CCCCN(CCCC(=O)Nc1ccccc1N)C1CC1. The van der Waals surface area contributed by atoms with Crippen LogP contribution in [0.4, 0.5) is 11.4 Å². The number of nitrogen functional groups attached to an aromatic ring is 1. The fourth-order valence-corrected chi connectivity index (χ4v) is 2.54. The van der Waals surface area contributed by atoms with E-state index in [9.17, 15) is 4.79 Å². The smallest absolute Gasteiger partial charge is 0.224 e. The van der Waals surface area contributed by atoms with Crippen molar-refractivity contribution in [2.24, 2.45) is 0 Å². The van der Waals surface area contributed by atoms with Crippen molar-refractivity contribution in [1.29, 1.82) is 0 Å². The highest BCUT2D eigenvalue weighted by atomic mass is 16.1. The molecule has 1 aliphatic rings. The Morgan fingerprint density at radius 1 is 1.29 bits per heavy atom. The molecule has 0 aliphatic heterocycles. The summed E-state index contributed by atoms with van der Waals surface area (Å²) in [4.78, 5) is 14.5. The number of nitrogens with one attached hydrogen (secondary N) is 1. The van der Waals surface area contributed by atoms with Crippen molar-refractivity contribution in [3.63, 3.8) is 0 Å². The molecule has 2 rings (SSSR count). The summed E-state index contributed by atoms with van der Waals surface area (Å²) in [6.07, 6.45) is 6.62. The van der Waals surface area contributed by atoms with Gasteiger partial charge in [0.1, 0.15) is 0 Å².